The summed E-state index contributed by atoms with van der Waals surface area (Å²) in [5.41, 5.74) is 9.52. The third-order valence-corrected chi connectivity index (χ3v) is 8.80. The van der Waals surface area contributed by atoms with Crippen LogP contribution in [0.3, 0.4) is 0 Å². The second-order valence-corrected chi connectivity index (χ2v) is 11.9. The molecule has 0 atom stereocenters. The van der Waals surface area contributed by atoms with Crippen LogP contribution < -0.4 is 16.0 Å². The first-order valence-electron chi connectivity index (χ1n) is 13.7. The van der Waals surface area contributed by atoms with Crippen molar-refractivity contribution >= 4 is 32.0 Å². The number of nitrogens with two attached hydrogens (primary N) is 1. The van der Waals surface area contributed by atoms with E-state index in [1.807, 2.05) is 47.9 Å². The zero-order chi connectivity index (χ0) is 29.3. The van der Waals surface area contributed by atoms with E-state index in [1.54, 1.807) is 30.6 Å². The van der Waals surface area contributed by atoms with Crippen LogP contribution in [0.5, 0.6) is 5.75 Å². The van der Waals surface area contributed by atoms with Gasteiger partial charge in [0.05, 0.1) is 51.9 Å². The van der Waals surface area contributed by atoms with E-state index in [-0.39, 0.29) is 29.4 Å². The normalized spacial score (nSPS) is 13.6. The highest BCUT2D eigenvalue weighted by Crippen LogP contribution is 2.33. The minimum absolute atomic E-state index is 0.0436. The summed E-state index contributed by atoms with van der Waals surface area (Å²) in [5.74, 6) is 0.624. The summed E-state index contributed by atoms with van der Waals surface area (Å²) < 4.78 is 36.3. The van der Waals surface area contributed by atoms with E-state index in [1.165, 1.54) is 22.6 Å². The van der Waals surface area contributed by atoms with Crippen LogP contribution in [0.15, 0.2) is 101 Å². The van der Waals surface area contributed by atoms with Crippen molar-refractivity contribution in [3.63, 3.8) is 0 Å². The molecule has 3 N–H and O–H groups in total. The van der Waals surface area contributed by atoms with Gasteiger partial charge in [-0.15, -0.1) is 0 Å². The lowest BCUT2D eigenvalue weighted by Gasteiger charge is -2.23. The fraction of sp³-hybridized carbons (Fsp3) is 0.194. The van der Waals surface area contributed by atoms with Crippen molar-refractivity contribution in [1.82, 2.24) is 23.8 Å². The number of fused-ring (bicyclic) bond motifs is 2. The van der Waals surface area contributed by atoms with Gasteiger partial charge < -0.3 is 20.0 Å². The summed E-state index contributed by atoms with van der Waals surface area (Å²) in [4.78, 5) is 25.6. The lowest BCUT2D eigenvalue weighted by molar-refractivity contribution is 0.318. The second-order valence-electron chi connectivity index (χ2n) is 10.0. The van der Waals surface area contributed by atoms with Crippen molar-refractivity contribution < 1.29 is 13.2 Å². The van der Waals surface area contributed by atoms with Crippen molar-refractivity contribution in [1.29, 1.82) is 0 Å². The van der Waals surface area contributed by atoms with Gasteiger partial charge >= 0.3 is 0 Å². The molecule has 0 aliphatic carbocycles. The molecule has 1 aliphatic heterocycles. The highest BCUT2D eigenvalue weighted by atomic mass is 32.2. The Morgan fingerprint density at radius 2 is 1.90 bits per heavy atom. The van der Waals surface area contributed by atoms with Crippen LogP contribution in [-0.4, -0.2) is 51.9 Å². The minimum Gasteiger partial charge on any atom is -0.493 e. The largest absolute Gasteiger partial charge is 0.493 e. The van der Waals surface area contributed by atoms with Gasteiger partial charge in [0, 0.05) is 19.3 Å². The lowest BCUT2D eigenvalue weighted by atomic mass is 10.1. The number of rotatable bonds is 9. The van der Waals surface area contributed by atoms with E-state index in [0.717, 1.165) is 17.5 Å². The van der Waals surface area contributed by atoms with Gasteiger partial charge in [-0.3, -0.25) is 9.10 Å². The molecule has 0 fully saturated rings. The Morgan fingerprint density at radius 1 is 1.07 bits per heavy atom. The van der Waals surface area contributed by atoms with Gasteiger partial charge in [-0.2, -0.15) is 0 Å². The molecule has 11 heteroatoms. The average molecular weight is 583 g/mol. The molecule has 5 aromatic rings. The summed E-state index contributed by atoms with van der Waals surface area (Å²) in [6.07, 6.45) is 7.59. The Bertz CT molecular complexity index is 2010. The van der Waals surface area contributed by atoms with Crippen LogP contribution in [0.1, 0.15) is 18.9 Å². The number of aromatic nitrogens is 4. The molecule has 0 saturated carbocycles. The molecule has 0 spiro atoms. The summed E-state index contributed by atoms with van der Waals surface area (Å²) in [6, 6.07) is 18.2. The zero-order valence-electron chi connectivity index (χ0n) is 23.0. The molecule has 1 aliphatic rings. The predicted octanol–water partition coefficient (Wildman–Crippen LogP) is 4.18. The first-order valence-corrected chi connectivity index (χ1v) is 15.1. The zero-order valence-corrected chi connectivity index (χ0v) is 23.8. The number of hydrogen-bond donors (Lipinski definition) is 2. The monoisotopic (exact) mass is 582 g/mol. The van der Waals surface area contributed by atoms with Gasteiger partial charge in [0.1, 0.15) is 11.6 Å². The number of hydrogen-bond acceptors (Lipinski definition) is 7. The molecule has 0 bridgehead atoms. The molecule has 2 aromatic heterocycles. The number of nitrogens with zero attached hydrogens (tertiary/aromatic N) is 4. The van der Waals surface area contributed by atoms with Crippen LogP contribution in [0.25, 0.3) is 33.3 Å². The number of aromatic amines is 1. The summed E-state index contributed by atoms with van der Waals surface area (Å²) in [5, 5.41) is 0.403. The number of H-pyrrole nitrogens is 1. The van der Waals surface area contributed by atoms with Crippen LogP contribution in [0.2, 0.25) is 0 Å². The standard InChI is InChI=1S/C31H30N6O4S/c1-2-13-41-29-11-10-23(42(39,40)37-12-6-9-22(17-32)19-37)14-25(29)30-34-26-16-27-28(15-24(26)31(38)35-30)36(20-33-27)18-21-7-4-3-5-8-21/h3-11,14-16,19-20H,2,12-13,17-18,32H2,1H3,(H,34,35,38). The van der Waals surface area contributed by atoms with Crippen LogP contribution in [0, 0.1) is 0 Å². The minimum atomic E-state index is -3.92. The summed E-state index contributed by atoms with van der Waals surface area (Å²) in [7, 11) is -3.92. The second kappa shape index (κ2) is 11.3. The van der Waals surface area contributed by atoms with Crippen molar-refractivity contribution in [2.24, 2.45) is 5.73 Å². The quantitative estimate of drug-likeness (QED) is 0.266. The van der Waals surface area contributed by atoms with E-state index in [0.29, 0.717) is 46.5 Å². The Labute approximate surface area is 242 Å². The summed E-state index contributed by atoms with van der Waals surface area (Å²) in [6.45, 7) is 3.41. The molecule has 42 heavy (non-hydrogen) atoms. The molecule has 0 unspecified atom stereocenters. The first kappa shape index (κ1) is 27.4. The molecule has 10 nitrogen and oxygen atoms in total. The number of ether oxygens (including phenoxy) is 1. The molecule has 3 aromatic carbocycles. The number of imidazole rings is 1. The van der Waals surface area contributed by atoms with Crippen molar-refractivity contribution in [3.8, 4) is 17.1 Å². The van der Waals surface area contributed by atoms with E-state index in [9.17, 15) is 13.2 Å². The molecule has 214 valence electrons. The maximum Gasteiger partial charge on any atom is 0.264 e. The fourth-order valence-corrected chi connectivity index (χ4v) is 6.26. The highest BCUT2D eigenvalue weighted by molar-refractivity contribution is 7.89. The maximum atomic E-state index is 13.6. The van der Waals surface area contributed by atoms with E-state index < -0.39 is 10.0 Å². The van der Waals surface area contributed by atoms with Crippen LogP contribution >= 0.6 is 0 Å². The van der Waals surface area contributed by atoms with Crippen molar-refractivity contribution in [2.45, 2.75) is 24.8 Å². The van der Waals surface area contributed by atoms with Crippen molar-refractivity contribution in [3.05, 3.63) is 107 Å². The molecule has 0 radical (unpaired) electrons. The fourth-order valence-electron chi connectivity index (χ4n) is 4.93. The third kappa shape index (κ3) is 5.19. The van der Waals surface area contributed by atoms with E-state index in [2.05, 4.69) is 9.97 Å². The summed E-state index contributed by atoms with van der Waals surface area (Å²) >= 11 is 0. The highest BCUT2D eigenvalue weighted by Gasteiger charge is 2.25. The van der Waals surface area contributed by atoms with E-state index >= 15 is 0 Å². The SMILES string of the molecule is CCCOc1ccc(S(=O)(=O)N2C=C(CN)C=CC2)cc1-c1nc2cc3ncn(Cc4ccccc4)c3cc2c(=O)[nH]1. The van der Waals surface area contributed by atoms with Crippen LogP contribution in [-0.2, 0) is 16.6 Å². The Kier molecular flexibility index (Phi) is 7.36. The number of sulfonamides is 1. The van der Waals surface area contributed by atoms with Crippen molar-refractivity contribution in [2.75, 3.05) is 19.7 Å². The molecule has 0 amide bonds. The molecule has 6 rings (SSSR count). The smallest absolute Gasteiger partial charge is 0.264 e. The van der Waals surface area contributed by atoms with E-state index in [4.69, 9.17) is 15.5 Å². The Balaban J connectivity index is 1.44. The number of nitrogens with one attached hydrogen (secondary N) is 1. The average Bonchev–Trinajstić information content (AvgIpc) is 3.40. The van der Waals surface area contributed by atoms with Gasteiger partial charge in [0.25, 0.3) is 15.6 Å². The topological polar surface area (TPSA) is 136 Å². The predicted molar refractivity (Wildman–Crippen MR) is 163 cm³/mol. The Morgan fingerprint density at radius 3 is 2.69 bits per heavy atom. The van der Waals surface area contributed by atoms with Gasteiger partial charge in [0.2, 0.25) is 0 Å². The molecular formula is C31H30N6O4S. The lowest BCUT2D eigenvalue weighted by Crippen LogP contribution is -2.29. The molecule has 3 heterocycles. The first-order chi connectivity index (χ1) is 20.4. The van der Waals surface area contributed by atoms with Gasteiger partial charge in [0.15, 0.2) is 0 Å². The third-order valence-electron chi connectivity index (χ3n) is 7.08. The molecular weight excluding hydrogens is 552 g/mol. The maximum absolute atomic E-state index is 13.6. The number of benzene rings is 3. The van der Waals surface area contributed by atoms with Crippen LogP contribution in [0.4, 0.5) is 0 Å². The van der Waals surface area contributed by atoms with Gasteiger partial charge in [-0.1, -0.05) is 49.4 Å². The van der Waals surface area contributed by atoms with Gasteiger partial charge in [-0.05, 0) is 47.9 Å². The molecule has 0 saturated heterocycles. The Hall–Kier alpha value is -4.74. The van der Waals surface area contributed by atoms with Gasteiger partial charge in [-0.25, -0.2) is 18.4 Å².